The van der Waals surface area contributed by atoms with Gasteiger partial charge in [0.25, 0.3) is 5.91 Å². The first-order chi connectivity index (χ1) is 14.3. The van der Waals surface area contributed by atoms with Gasteiger partial charge in [-0.25, -0.2) is 4.79 Å². The van der Waals surface area contributed by atoms with Gasteiger partial charge >= 0.3 is 5.97 Å². The number of hydrogen-bond donors (Lipinski definition) is 2. The number of rotatable bonds is 6. The second-order valence-corrected chi connectivity index (χ2v) is 6.85. The number of fused-ring (bicyclic) bond motifs is 1. The van der Waals surface area contributed by atoms with Crippen LogP contribution >= 0.6 is 11.6 Å². The molecular weight excluding hydrogens is 410 g/mol. The first-order valence-corrected chi connectivity index (χ1v) is 9.30. The van der Waals surface area contributed by atoms with Gasteiger partial charge in [-0.15, -0.1) is 0 Å². The van der Waals surface area contributed by atoms with E-state index in [0.717, 1.165) is 11.0 Å². The van der Waals surface area contributed by atoms with Crippen LogP contribution in [0.5, 0.6) is 0 Å². The fourth-order valence-electron chi connectivity index (χ4n) is 2.74. The van der Waals surface area contributed by atoms with E-state index >= 15 is 0 Å². The molecule has 0 radical (unpaired) electrons. The van der Waals surface area contributed by atoms with E-state index in [1.807, 2.05) is 0 Å². The number of ether oxygens (including phenoxy) is 1. The Morgan fingerprint density at radius 1 is 1.10 bits per heavy atom. The van der Waals surface area contributed by atoms with Gasteiger partial charge < -0.3 is 19.9 Å². The highest BCUT2D eigenvalue weighted by atomic mass is 35.5. The lowest BCUT2D eigenvalue weighted by molar-refractivity contribution is -0.136. The summed E-state index contributed by atoms with van der Waals surface area (Å²) in [5.74, 6) is -1.84. The summed E-state index contributed by atoms with van der Waals surface area (Å²) in [4.78, 5) is 52.3. The zero-order chi connectivity index (χ0) is 21.7. The number of amides is 2. The van der Waals surface area contributed by atoms with Crippen molar-refractivity contribution in [2.24, 2.45) is 0 Å². The van der Waals surface area contributed by atoms with E-state index in [-0.39, 0.29) is 12.1 Å². The molecule has 3 rings (SSSR count). The molecule has 0 fully saturated rings. The fourth-order valence-corrected chi connectivity index (χ4v) is 2.93. The number of likely N-dealkylation sites (N-methyl/N-ethyl adjacent to an activating group) is 1. The van der Waals surface area contributed by atoms with Crippen LogP contribution in [0.25, 0.3) is 10.9 Å². The molecule has 30 heavy (non-hydrogen) atoms. The lowest BCUT2D eigenvalue weighted by Gasteiger charge is -2.17. The maximum atomic E-state index is 12.4. The van der Waals surface area contributed by atoms with Gasteiger partial charge in [-0.2, -0.15) is 0 Å². The Balaban J connectivity index is 1.59. The molecule has 0 atom stereocenters. The Morgan fingerprint density at radius 3 is 2.57 bits per heavy atom. The summed E-state index contributed by atoms with van der Waals surface area (Å²) in [6.07, 6.45) is 0. The van der Waals surface area contributed by atoms with Crippen LogP contribution in [0.15, 0.2) is 59.4 Å². The highest BCUT2D eigenvalue weighted by Gasteiger charge is 2.18. The molecule has 0 spiro atoms. The summed E-state index contributed by atoms with van der Waals surface area (Å²) in [6, 6.07) is 14.6. The molecule has 0 saturated heterocycles. The van der Waals surface area contributed by atoms with Gasteiger partial charge in [0, 0.05) is 24.0 Å². The molecule has 1 aromatic heterocycles. The number of benzene rings is 2. The monoisotopic (exact) mass is 427 g/mol. The number of halogens is 1. The van der Waals surface area contributed by atoms with Crippen molar-refractivity contribution >= 4 is 46.0 Å². The number of nitrogens with one attached hydrogen (secondary N) is 2. The molecule has 2 N–H and O–H groups in total. The van der Waals surface area contributed by atoms with Crippen LogP contribution in [0.1, 0.15) is 10.4 Å². The number of aromatic nitrogens is 1. The van der Waals surface area contributed by atoms with Gasteiger partial charge in [-0.1, -0.05) is 41.9 Å². The van der Waals surface area contributed by atoms with Gasteiger partial charge in [-0.3, -0.25) is 14.4 Å². The molecule has 0 aliphatic carbocycles. The molecule has 0 bridgehead atoms. The van der Waals surface area contributed by atoms with E-state index in [1.54, 1.807) is 48.5 Å². The van der Waals surface area contributed by atoms with Crippen LogP contribution in [0.2, 0.25) is 5.02 Å². The Kier molecular flexibility index (Phi) is 6.48. The third-order valence-corrected chi connectivity index (χ3v) is 4.58. The maximum Gasteiger partial charge on any atom is 0.339 e. The van der Waals surface area contributed by atoms with Gasteiger partial charge in [-0.05, 0) is 18.2 Å². The topological polar surface area (TPSA) is 109 Å². The molecule has 0 saturated carbocycles. The third-order valence-electron chi connectivity index (χ3n) is 4.25. The van der Waals surface area contributed by atoms with Crippen LogP contribution in [-0.4, -0.2) is 47.9 Å². The van der Waals surface area contributed by atoms with E-state index < -0.39 is 29.9 Å². The van der Waals surface area contributed by atoms with Crippen LogP contribution in [0.3, 0.4) is 0 Å². The molecule has 8 nitrogen and oxygen atoms in total. The number of hydrogen-bond acceptors (Lipinski definition) is 5. The SMILES string of the molecule is CN(CC(=O)Nc1ccccc1Cl)C(=O)COC(=O)c1cc(=O)[nH]c2ccccc12. The number of H-pyrrole nitrogens is 1. The first-order valence-electron chi connectivity index (χ1n) is 8.92. The highest BCUT2D eigenvalue weighted by molar-refractivity contribution is 6.33. The minimum atomic E-state index is -0.806. The normalized spacial score (nSPS) is 10.5. The molecule has 2 amide bonds. The second-order valence-electron chi connectivity index (χ2n) is 6.45. The molecule has 0 aliphatic rings. The maximum absolute atomic E-state index is 12.4. The van der Waals surface area contributed by atoms with E-state index in [0.29, 0.717) is 21.6 Å². The third kappa shape index (κ3) is 5.03. The Bertz CT molecular complexity index is 1170. The average Bonchev–Trinajstić information content (AvgIpc) is 2.72. The smallest absolute Gasteiger partial charge is 0.339 e. The summed E-state index contributed by atoms with van der Waals surface area (Å²) in [7, 11) is 1.41. The molecule has 154 valence electrons. The van der Waals surface area contributed by atoms with Gasteiger partial charge in [0.05, 0.1) is 22.8 Å². The van der Waals surface area contributed by atoms with Crippen LogP contribution in [0.4, 0.5) is 5.69 Å². The minimum absolute atomic E-state index is 0.0567. The average molecular weight is 428 g/mol. The Morgan fingerprint density at radius 2 is 1.80 bits per heavy atom. The van der Waals surface area contributed by atoms with E-state index in [1.165, 1.54) is 7.05 Å². The summed E-state index contributed by atoms with van der Waals surface area (Å²) in [5, 5.41) is 3.48. The van der Waals surface area contributed by atoms with Gasteiger partial charge in [0.15, 0.2) is 6.61 Å². The highest BCUT2D eigenvalue weighted by Crippen LogP contribution is 2.20. The molecule has 1 heterocycles. The first kappa shape index (κ1) is 21.1. The summed E-state index contributed by atoms with van der Waals surface area (Å²) in [6.45, 7) is -0.828. The largest absolute Gasteiger partial charge is 0.452 e. The number of pyridine rings is 1. The van der Waals surface area contributed by atoms with Crippen molar-refractivity contribution in [3.8, 4) is 0 Å². The zero-order valence-corrected chi connectivity index (χ0v) is 16.7. The van der Waals surface area contributed by atoms with E-state index in [2.05, 4.69) is 10.3 Å². The molecule has 0 aliphatic heterocycles. The zero-order valence-electron chi connectivity index (χ0n) is 16.0. The van der Waals surface area contributed by atoms with Crippen molar-refractivity contribution in [3.05, 3.63) is 75.5 Å². The number of esters is 1. The lowest BCUT2D eigenvalue weighted by atomic mass is 10.1. The quantitative estimate of drug-likeness (QED) is 0.587. The number of nitrogens with zero attached hydrogens (tertiary/aromatic N) is 1. The predicted molar refractivity (Wildman–Crippen MR) is 113 cm³/mol. The van der Waals surface area contributed by atoms with Gasteiger partial charge in [0.1, 0.15) is 0 Å². The molecule has 0 unspecified atom stereocenters. The molecule has 2 aromatic carbocycles. The Hall–Kier alpha value is -3.65. The number of carbonyl (C=O) groups excluding carboxylic acids is 3. The van der Waals surface area contributed by atoms with Crippen molar-refractivity contribution in [1.29, 1.82) is 0 Å². The van der Waals surface area contributed by atoms with Crippen LogP contribution < -0.4 is 10.9 Å². The summed E-state index contributed by atoms with van der Waals surface area (Å²) >= 11 is 5.99. The van der Waals surface area contributed by atoms with Crippen LogP contribution in [0, 0.1) is 0 Å². The van der Waals surface area contributed by atoms with Crippen molar-refractivity contribution in [2.45, 2.75) is 0 Å². The lowest BCUT2D eigenvalue weighted by Crippen LogP contribution is -2.37. The minimum Gasteiger partial charge on any atom is -0.452 e. The number of carbonyl (C=O) groups is 3. The molecule has 9 heteroatoms. The van der Waals surface area contributed by atoms with Crippen molar-refractivity contribution < 1.29 is 19.1 Å². The summed E-state index contributed by atoms with van der Waals surface area (Å²) < 4.78 is 5.06. The molecular formula is C21H18ClN3O5. The van der Waals surface area contributed by atoms with Gasteiger partial charge in [0.2, 0.25) is 11.5 Å². The standard InChI is InChI=1S/C21H18ClN3O5/c1-25(11-19(27)24-17-9-5-3-7-15(17)22)20(28)12-30-21(29)14-10-18(26)23-16-8-4-2-6-13(14)16/h2-10H,11-12H2,1H3,(H,23,26)(H,24,27). The fraction of sp³-hybridized carbons (Fsp3) is 0.143. The van der Waals surface area contributed by atoms with Crippen molar-refractivity contribution in [2.75, 3.05) is 25.5 Å². The van der Waals surface area contributed by atoms with Crippen molar-refractivity contribution in [1.82, 2.24) is 9.88 Å². The predicted octanol–water partition coefficient (Wildman–Crippen LogP) is 2.44. The Labute approximate surface area is 176 Å². The number of aromatic amines is 1. The van der Waals surface area contributed by atoms with E-state index in [9.17, 15) is 19.2 Å². The van der Waals surface area contributed by atoms with Crippen molar-refractivity contribution in [3.63, 3.8) is 0 Å². The second kappa shape index (κ2) is 9.23. The van der Waals surface area contributed by atoms with E-state index in [4.69, 9.17) is 16.3 Å². The summed E-state index contributed by atoms with van der Waals surface area (Å²) in [5.41, 5.74) is 0.510. The number of para-hydroxylation sites is 2. The molecule has 3 aromatic rings. The van der Waals surface area contributed by atoms with Crippen LogP contribution in [-0.2, 0) is 14.3 Å². The number of anilines is 1.